The topological polar surface area (TPSA) is 366 Å². The predicted molar refractivity (Wildman–Crippen MR) is 543 cm³/mol. The fraction of sp³-hybridized carbons (Fsp3) is 0.345. The lowest BCUT2D eigenvalue weighted by atomic mass is 9.80. The molecule has 0 spiro atoms. The van der Waals surface area contributed by atoms with Gasteiger partial charge >= 0.3 is 35.6 Å². The highest BCUT2D eigenvalue weighted by molar-refractivity contribution is 6.06. The van der Waals surface area contributed by atoms with E-state index in [-0.39, 0.29) is 18.4 Å². The molecule has 4 amide bonds. The molecule has 0 saturated carbocycles. The number of carbonyl (C=O) groups excluding carboxylic acids is 3. The molecule has 15 rings (SSSR count). The first-order valence-corrected chi connectivity index (χ1v) is 46.3. The fourth-order valence-electron chi connectivity index (χ4n) is 17.9. The maximum atomic E-state index is 13.0. The van der Waals surface area contributed by atoms with Crippen LogP contribution in [-0.2, 0) is 60.7 Å². The monoisotopic (exact) mass is 1870 g/mol. The summed E-state index contributed by atoms with van der Waals surface area (Å²) in [6.07, 6.45) is -2.95. The Balaban J connectivity index is 0.000000165. The summed E-state index contributed by atoms with van der Waals surface area (Å²) < 4.78 is 43.2. The van der Waals surface area contributed by atoms with E-state index in [9.17, 15) is 58.8 Å². The van der Waals surface area contributed by atoms with Crippen LogP contribution < -0.4 is 36.4 Å². The number of anilines is 4. The van der Waals surface area contributed by atoms with Gasteiger partial charge in [0.1, 0.15) is 18.1 Å². The third kappa shape index (κ3) is 23.8. The van der Waals surface area contributed by atoms with Gasteiger partial charge in [-0.1, -0.05) is 168 Å². The number of ether oxygens (including phenoxy) is 6. The zero-order chi connectivity index (χ0) is 101. The Morgan fingerprint density at radius 2 is 0.725 bits per heavy atom. The lowest BCUT2D eigenvalue weighted by Gasteiger charge is -2.32. The summed E-state index contributed by atoms with van der Waals surface area (Å²) in [5, 5.41) is 52.9. The van der Waals surface area contributed by atoms with Crippen molar-refractivity contribution in [2.75, 3.05) is 27.9 Å². The van der Waals surface area contributed by atoms with Crippen molar-refractivity contribution in [3.63, 3.8) is 0 Å². The van der Waals surface area contributed by atoms with Crippen molar-refractivity contribution in [2.24, 2.45) is 0 Å². The van der Waals surface area contributed by atoms with Crippen LogP contribution in [0.2, 0.25) is 0 Å². The van der Waals surface area contributed by atoms with Crippen molar-refractivity contribution >= 4 is 86.7 Å². The summed E-state index contributed by atoms with van der Waals surface area (Å²) in [5.74, 6) is -3.47. The highest BCUT2D eigenvalue weighted by Crippen LogP contribution is 2.53. The molecular weight excluding hydrogens is 1750 g/mol. The molecule has 0 radical (unpaired) electrons. The number of carboxylic acid groups (broad SMARTS) is 4. The Labute approximate surface area is 806 Å². The zero-order valence-corrected chi connectivity index (χ0v) is 83.6. The highest BCUT2D eigenvalue weighted by Gasteiger charge is 2.41. The van der Waals surface area contributed by atoms with Gasteiger partial charge in [0.2, 0.25) is 11.8 Å². The minimum absolute atomic E-state index is 0.0825. The van der Waals surface area contributed by atoms with E-state index in [0.29, 0.717) is 144 Å². The Hall–Kier alpha value is -14.0. The molecule has 10 N–H and O–H groups in total. The van der Waals surface area contributed by atoms with Crippen molar-refractivity contribution < 1.29 is 86.8 Å². The van der Waals surface area contributed by atoms with Gasteiger partial charge in [-0.2, -0.15) is 0 Å². The molecule has 11 aromatic carbocycles. The average Bonchev–Trinajstić information content (AvgIpc) is 0.883. The van der Waals surface area contributed by atoms with E-state index in [2.05, 4.69) is 43.4 Å². The minimum atomic E-state index is -1.27. The van der Waals surface area contributed by atoms with Crippen LogP contribution in [0.3, 0.4) is 0 Å². The molecule has 0 saturated heterocycles. The van der Waals surface area contributed by atoms with Crippen molar-refractivity contribution in [3.05, 3.63) is 280 Å². The normalized spacial score (nSPS) is 14.0. The van der Waals surface area contributed by atoms with E-state index in [1.54, 1.807) is 13.8 Å². The number of amides is 4. The number of hydrogen-bond donors (Lipinski definition) is 10. The van der Waals surface area contributed by atoms with Gasteiger partial charge in [0, 0.05) is 68.6 Å². The summed E-state index contributed by atoms with van der Waals surface area (Å²) in [6.45, 7) is 47.5. The van der Waals surface area contributed by atoms with Crippen LogP contribution >= 0.6 is 0 Å². The molecule has 0 aliphatic carbocycles. The molecule has 0 fully saturated rings. The second kappa shape index (κ2) is 41.9. The summed E-state index contributed by atoms with van der Waals surface area (Å²) in [4.78, 5) is 107. The molecule has 4 heterocycles. The van der Waals surface area contributed by atoms with Crippen LogP contribution in [-0.4, -0.2) is 101 Å². The second-order valence-electron chi connectivity index (χ2n) is 39.7. The quantitative estimate of drug-likeness (QED) is 0.0429. The third-order valence-corrected chi connectivity index (χ3v) is 24.2. The highest BCUT2D eigenvalue weighted by atomic mass is 16.6. The van der Waals surface area contributed by atoms with Gasteiger partial charge in [0.15, 0.2) is 35.6 Å². The molecule has 0 bridgehead atoms. The Kier molecular flexibility index (Phi) is 31.3. The van der Waals surface area contributed by atoms with Crippen LogP contribution in [0.1, 0.15) is 232 Å². The number of urea groups is 1. The summed E-state index contributed by atoms with van der Waals surface area (Å²) in [5.41, 5.74) is 24.4. The minimum Gasteiger partial charge on any atom is -0.491 e. The van der Waals surface area contributed by atoms with Crippen molar-refractivity contribution in [1.82, 2.24) is 9.97 Å². The number of para-hydroxylation sites is 1. The molecule has 3 aliphatic heterocycles. The number of aromatic nitrogens is 2. The predicted octanol–water partition coefficient (Wildman–Crippen LogP) is 25.4. The lowest BCUT2D eigenvalue weighted by molar-refractivity contribution is -0.161. The van der Waals surface area contributed by atoms with E-state index in [4.69, 9.17) is 32.8 Å². The largest absolute Gasteiger partial charge is 0.491 e. The number of fused-ring (bicyclic) bond motifs is 8. The number of H-pyrrole nitrogens is 2. The number of aliphatic carboxylic acids is 4. The van der Waals surface area contributed by atoms with Gasteiger partial charge < -0.3 is 84.5 Å². The third-order valence-electron chi connectivity index (χ3n) is 24.2. The number of hydrogen-bond acceptors (Lipinski definition) is 15. The standard InChI is InChI=1S/C30H33NO4.2C29H32N2O5.C25H31NO5/c1-17-11-13-21(14-12-17)24-18(2)25-22-10-8-7-9-20(22)15-16-23(32)31-27(25)19(3)26(24)28(29(33)34)35-30(4,5)6;1-15-8-11-19(12-9-15)22-18(4)25-24(17(3)23(22)26(27(32)33)36-29(5,6)7)31-28(34)30-20-14-16(2)10-13-21(20)35-25;1-16-11-13-19(14-12-16)22-18(3)25-24(17(2)23(22)26(27(32)33)36-29(4,5)6)31-28(34)30-21-10-8-7-9-20(21)15-35-25;1-14-9-11-17(12-10-14)19-16(3)22-21(26-18(27)8-7-13-30-22)15(2)20(19)23(24(28)29)31-25(4,5)6/h7-14,28H,15-16H2,1-6H3,(H,31,32)(H,33,34);8-14,26H,1-7H3,(H,32,33)(H2,30,31,34);7-14,26H,15H2,1-6H3,(H,32,33)(H2,30,31,34);9-12,23H,7-8,13H2,1-6H3,(H,26,27)(H,28,29)/t28-;2*26-;23-/m0000/s1. The van der Waals surface area contributed by atoms with E-state index in [1.165, 1.54) is 0 Å². The lowest BCUT2D eigenvalue weighted by Crippen LogP contribution is -2.29. The van der Waals surface area contributed by atoms with Crippen LogP contribution in [0.15, 0.2) is 173 Å². The van der Waals surface area contributed by atoms with E-state index in [0.717, 1.165) is 106 Å². The summed E-state index contributed by atoms with van der Waals surface area (Å²) in [6, 6.07) is 52.6. The molecule has 0 unspecified atom stereocenters. The molecule has 724 valence electrons. The first-order valence-electron chi connectivity index (χ1n) is 46.3. The Morgan fingerprint density at radius 1 is 0.355 bits per heavy atom. The molecule has 25 nitrogen and oxygen atoms in total. The number of carboxylic acids is 4. The molecule has 4 atom stereocenters. The van der Waals surface area contributed by atoms with Crippen molar-refractivity contribution in [2.45, 2.75) is 252 Å². The van der Waals surface area contributed by atoms with Gasteiger partial charge in [0.05, 0.1) is 57.1 Å². The number of rotatable bonds is 16. The van der Waals surface area contributed by atoms with E-state index >= 15 is 0 Å². The zero-order valence-electron chi connectivity index (χ0n) is 83.6. The maximum Gasteiger partial charge on any atom is 0.337 e. The molecular formula is C113H128N6O19. The number of nitrogens with one attached hydrogen (secondary N) is 6. The van der Waals surface area contributed by atoms with E-state index in [1.807, 2.05) is 311 Å². The SMILES string of the molecule is Cc1ccc(-c2c(C)c3c(c(C)c2[C@H](OC(C)(C)C)C(=O)O)NC(=O)CCCO3)cc1.Cc1ccc(-c2c(C)c3c(c(C)c2[C@H](OC(C)(C)C)C(=O)O)NC(=O)CCc2ccccc2-3)cc1.Cc1ccc(-c2c(C)c3c(c(C)c2[C@H](OC(C)(C)C)C(=O)O)NC(=O)Nc2ccccc2CO3)cc1.Cc1ccc(-c2c([C@H](OC(C)(C)C)C(=O)O)c(C)c3[nH]c(=O)[nH]c4cc(C)ccc4oc3c2C)cc1. The summed E-state index contributed by atoms with van der Waals surface area (Å²) in [7, 11) is 0. The number of aryl methyl sites for hydroxylation is 8. The van der Waals surface area contributed by atoms with Crippen LogP contribution in [0.4, 0.5) is 27.5 Å². The number of aromatic amines is 2. The van der Waals surface area contributed by atoms with Crippen molar-refractivity contribution in [1.29, 1.82) is 0 Å². The molecule has 25 heteroatoms. The molecule has 3 aliphatic rings. The first-order chi connectivity index (χ1) is 64.8. The summed E-state index contributed by atoms with van der Waals surface area (Å²) >= 11 is 0. The smallest absolute Gasteiger partial charge is 0.337 e. The first kappa shape index (κ1) is 103. The number of benzene rings is 11. The molecule has 138 heavy (non-hydrogen) atoms. The molecule has 12 aromatic rings. The molecule has 1 aromatic heterocycles. The number of carbonyl (C=O) groups is 7. The van der Waals surface area contributed by atoms with Gasteiger partial charge in [0.25, 0.3) is 0 Å². The van der Waals surface area contributed by atoms with Gasteiger partial charge in [-0.15, -0.1) is 0 Å². The van der Waals surface area contributed by atoms with Gasteiger partial charge in [-0.05, 0) is 293 Å². The Bertz CT molecular complexity index is 6830. The average molecular weight is 1870 g/mol. The van der Waals surface area contributed by atoms with Gasteiger partial charge in [-0.3, -0.25) is 9.59 Å². The Morgan fingerprint density at radius 3 is 1.17 bits per heavy atom. The van der Waals surface area contributed by atoms with Crippen LogP contribution in [0.25, 0.3) is 77.8 Å². The second-order valence-corrected chi connectivity index (χ2v) is 39.7. The maximum absolute atomic E-state index is 13.0. The van der Waals surface area contributed by atoms with Crippen molar-refractivity contribution in [3.8, 4) is 67.1 Å². The van der Waals surface area contributed by atoms with Crippen LogP contribution in [0, 0.1) is 90.0 Å². The van der Waals surface area contributed by atoms with Crippen LogP contribution in [0.5, 0.6) is 11.5 Å². The van der Waals surface area contributed by atoms with E-state index < -0.39 is 82.4 Å². The van der Waals surface area contributed by atoms with Gasteiger partial charge in [-0.25, -0.2) is 28.8 Å². The fourth-order valence-corrected chi connectivity index (χ4v) is 17.9.